The van der Waals surface area contributed by atoms with Crippen molar-refractivity contribution in [3.63, 3.8) is 0 Å². The molecule has 0 aromatic heterocycles. The quantitative estimate of drug-likeness (QED) is 0.594. The summed E-state index contributed by atoms with van der Waals surface area (Å²) in [6.07, 6.45) is 2.92. The normalized spacial score (nSPS) is 31.8. The van der Waals surface area contributed by atoms with Gasteiger partial charge >= 0.3 is 0 Å². The van der Waals surface area contributed by atoms with Crippen molar-refractivity contribution < 1.29 is 9.47 Å². The molecule has 0 saturated heterocycles. The molecule has 0 aliphatic heterocycles. The van der Waals surface area contributed by atoms with Gasteiger partial charge < -0.3 is 9.47 Å². The lowest BCUT2D eigenvalue weighted by molar-refractivity contribution is -0.0454. The van der Waals surface area contributed by atoms with Crippen LogP contribution in [0.2, 0.25) is 0 Å². The molecule has 2 nitrogen and oxygen atoms in total. The lowest BCUT2D eigenvalue weighted by Gasteiger charge is -2.34. The Morgan fingerprint density at radius 2 is 2.10 bits per heavy atom. The monoisotopic (exact) mass is 144 g/mol. The summed E-state index contributed by atoms with van der Waals surface area (Å²) in [6.45, 7) is 3.80. The molecule has 0 unspecified atom stereocenters. The van der Waals surface area contributed by atoms with E-state index in [9.17, 15) is 0 Å². The molecule has 60 valence electrons. The maximum Gasteiger partial charge on any atom is 0.0582 e. The summed E-state index contributed by atoms with van der Waals surface area (Å²) in [5, 5.41) is 0. The van der Waals surface area contributed by atoms with Gasteiger partial charge in [0, 0.05) is 20.3 Å². The molecule has 0 bridgehead atoms. The highest BCUT2D eigenvalue weighted by atomic mass is 16.5. The minimum Gasteiger partial charge on any atom is -0.384 e. The van der Waals surface area contributed by atoms with Crippen LogP contribution in [-0.4, -0.2) is 26.4 Å². The fourth-order valence-electron chi connectivity index (χ4n) is 1.42. The minimum atomic E-state index is 0.533. The number of ether oxygens (including phenoxy) is 2. The van der Waals surface area contributed by atoms with Crippen LogP contribution >= 0.6 is 0 Å². The second-order valence-corrected chi connectivity index (χ2v) is 2.87. The van der Waals surface area contributed by atoms with E-state index in [4.69, 9.17) is 9.47 Å². The minimum absolute atomic E-state index is 0.533. The van der Waals surface area contributed by atoms with E-state index in [0.717, 1.165) is 19.1 Å². The van der Waals surface area contributed by atoms with Gasteiger partial charge in [-0.25, -0.2) is 0 Å². The van der Waals surface area contributed by atoms with E-state index in [2.05, 4.69) is 0 Å². The fraction of sp³-hybridized carbons (Fsp3) is 1.00. The molecule has 0 heterocycles. The second kappa shape index (κ2) is 3.94. The Morgan fingerprint density at radius 3 is 2.60 bits per heavy atom. The van der Waals surface area contributed by atoms with Crippen molar-refractivity contribution in [3.8, 4) is 0 Å². The highest BCUT2D eigenvalue weighted by molar-refractivity contribution is 4.79. The van der Waals surface area contributed by atoms with E-state index < -0.39 is 0 Å². The van der Waals surface area contributed by atoms with Crippen LogP contribution in [0.5, 0.6) is 0 Å². The van der Waals surface area contributed by atoms with Gasteiger partial charge in [-0.3, -0.25) is 0 Å². The maximum absolute atomic E-state index is 5.40. The van der Waals surface area contributed by atoms with Crippen LogP contribution in [0, 0.1) is 5.92 Å². The zero-order valence-electron chi connectivity index (χ0n) is 6.80. The van der Waals surface area contributed by atoms with E-state index in [1.165, 1.54) is 12.8 Å². The molecule has 0 amide bonds. The predicted molar refractivity (Wildman–Crippen MR) is 40.0 cm³/mol. The summed E-state index contributed by atoms with van der Waals surface area (Å²) in [7, 11) is 1.76. The summed E-state index contributed by atoms with van der Waals surface area (Å²) in [6, 6.07) is 0. The van der Waals surface area contributed by atoms with Crippen LogP contribution in [0.25, 0.3) is 0 Å². The van der Waals surface area contributed by atoms with Crippen LogP contribution in [0.15, 0.2) is 0 Å². The van der Waals surface area contributed by atoms with Crippen molar-refractivity contribution in [3.05, 3.63) is 0 Å². The third kappa shape index (κ3) is 1.96. The summed E-state index contributed by atoms with van der Waals surface area (Å²) >= 11 is 0. The highest BCUT2D eigenvalue weighted by Crippen LogP contribution is 2.29. The molecule has 0 aromatic rings. The molecule has 0 spiro atoms. The smallest absolute Gasteiger partial charge is 0.0582 e. The van der Waals surface area contributed by atoms with Gasteiger partial charge in [0.05, 0.1) is 6.10 Å². The summed E-state index contributed by atoms with van der Waals surface area (Å²) in [5.74, 6) is 0.765. The average Bonchev–Trinajstić information content (AvgIpc) is 1.84. The lowest BCUT2D eigenvalue weighted by Crippen LogP contribution is -2.33. The Balaban J connectivity index is 1.95. The number of hydrogen-bond donors (Lipinski definition) is 0. The third-order valence-corrected chi connectivity index (χ3v) is 2.00. The molecule has 2 heteroatoms. The fourth-order valence-corrected chi connectivity index (χ4v) is 1.42. The lowest BCUT2D eigenvalue weighted by atomic mass is 9.83. The number of rotatable bonds is 4. The Hall–Kier alpha value is -0.0800. The predicted octanol–water partition coefficient (Wildman–Crippen LogP) is 1.45. The molecule has 0 atom stereocenters. The van der Waals surface area contributed by atoms with Crippen molar-refractivity contribution in [2.24, 2.45) is 5.92 Å². The molecule has 1 fully saturated rings. The number of hydrogen-bond acceptors (Lipinski definition) is 2. The first-order valence-corrected chi connectivity index (χ1v) is 3.97. The Morgan fingerprint density at radius 1 is 1.40 bits per heavy atom. The molecule has 0 N–H and O–H groups in total. The molecule has 1 saturated carbocycles. The van der Waals surface area contributed by atoms with Crippen molar-refractivity contribution in [1.82, 2.24) is 0 Å². The first kappa shape index (κ1) is 8.02. The molecule has 10 heavy (non-hydrogen) atoms. The van der Waals surface area contributed by atoms with Crippen LogP contribution in [0.3, 0.4) is 0 Å². The van der Waals surface area contributed by atoms with Gasteiger partial charge in [-0.05, 0) is 25.7 Å². The van der Waals surface area contributed by atoms with Crippen molar-refractivity contribution in [2.45, 2.75) is 25.9 Å². The molecular weight excluding hydrogens is 128 g/mol. The van der Waals surface area contributed by atoms with Crippen molar-refractivity contribution >= 4 is 0 Å². The van der Waals surface area contributed by atoms with Crippen molar-refractivity contribution in [1.29, 1.82) is 0 Å². The van der Waals surface area contributed by atoms with Gasteiger partial charge in [0.1, 0.15) is 0 Å². The van der Waals surface area contributed by atoms with Gasteiger partial charge in [-0.2, -0.15) is 0 Å². The number of methoxy groups -OCH3 is 1. The maximum atomic E-state index is 5.40. The zero-order valence-corrected chi connectivity index (χ0v) is 6.80. The van der Waals surface area contributed by atoms with Crippen molar-refractivity contribution in [2.75, 3.05) is 20.3 Å². The molecule has 1 aliphatic carbocycles. The third-order valence-electron chi connectivity index (χ3n) is 2.00. The van der Waals surface area contributed by atoms with Gasteiger partial charge in [-0.1, -0.05) is 0 Å². The van der Waals surface area contributed by atoms with Gasteiger partial charge in [-0.15, -0.1) is 0 Å². The standard InChI is InChI=1S/C8H16O2/c1-3-10-8-4-7(5-8)6-9-2/h7-8H,3-6H2,1-2H3. The summed E-state index contributed by atoms with van der Waals surface area (Å²) in [5.41, 5.74) is 0. The molecule has 1 aliphatic rings. The first-order chi connectivity index (χ1) is 4.86. The van der Waals surface area contributed by atoms with E-state index in [1.807, 2.05) is 6.92 Å². The molecular formula is C8H16O2. The Kier molecular flexibility index (Phi) is 3.16. The van der Waals surface area contributed by atoms with Gasteiger partial charge in [0.2, 0.25) is 0 Å². The second-order valence-electron chi connectivity index (χ2n) is 2.87. The Bertz CT molecular complexity index is 77.3. The summed E-state index contributed by atoms with van der Waals surface area (Å²) < 4.78 is 10.4. The molecule has 1 rings (SSSR count). The summed E-state index contributed by atoms with van der Waals surface area (Å²) in [4.78, 5) is 0. The SMILES string of the molecule is CCOC1CC(COC)C1. The molecule has 0 aromatic carbocycles. The first-order valence-electron chi connectivity index (χ1n) is 3.97. The topological polar surface area (TPSA) is 18.5 Å². The molecule has 0 radical (unpaired) electrons. The van der Waals surface area contributed by atoms with Crippen LogP contribution in [0.1, 0.15) is 19.8 Å². The van der Waals surface area contributed by atoms with Gasteiger partial charge in [0.15, 0.2) is 0 Å². The Labute approximate surface area is 62.5 Å². The van der Waals surface area contributed by atoms with E-state index >= 15 is 0 Å². The van der Waals surface area contributed by atoms with E-state index in [-0.39, 0.29) is 0 Å². The zero-order chi connectivity index (χ0) is 7.40. The highest BCUT2D eigenvalue weighted by Gasteiger charge is 2.28. The van der Waals surface area contributed by atoms with Crippen LogP contribution < -0.4 is 0 Å². The largest absolute Gasteiger partial charge is 0.384 e. The average molecular weight is 144 g/mol. The van der Waals surface area contributed by atoms with Crippen LogP contribution in [0.4, 0.5) is 0 Å². The van der Waals surface area contributed by atoms with E-state index in [1.54, 1.807) is 7.11 Å². The van der Waals surface area contributed by atoms with Gasteiger partial charge in [0.25, 0.3) is 0 Å². The van der Waals surface area contributed by atoms with Crippen LogP contribution in [-0.2, 0) is 9.47 Å². The van der Waals surface area contributed by atoms with E-state index in [0.29, 0.717) is 6.10 Å².